The third-order valence-electron chi connectivity index (χ3n) is 6.23. The second-order valence-corrected chi connectivity index (χ2v) is 8.27. The van der Waals surface area contributed by atoms with Gasteiger partial charge in [0.2, 0.25) is 0 Å². The number of hydrogen-bond acceptors (Lipinski definition) is 4. The van der Waals surface area contributed by atoms with Crippen molar-refractivity contribution in [1.82, 2.24) is 25.0 Å². The van der Waals surface area contributed by atoms with Gasteiger partial charge in [-0.2, -0.15) is 0 Å². The maximum atomic E-state index is 13.4. The fraction of sp³-hybridized carbons (Fsp3) is 0.571. The number of nitrogens with one attached hydrogen (secondary N) is 1. The van der Waals surface area contributed by atoms with Crippen molar-refractivity contribution < 1.29 is 13.6 Å². The molecule has 2 heterocycles. The lowest BCUT2D eigenvalue weighted by Gasteiger charge is -2.37. The van der Waals surface area contributed by atoms with Crippen LogP contribution < -0.4 is 5.32 Å². The van der Waals surface area contributed by atoms with E-state index in [4.69, 9.17) is 0 Å². The minimum absolute atomic E-state index is 0.0870. The Balaban J connectivity index is 1.25. The van der Waals surface area contributed by atoms with Crippen molar-refractivity contribution in [2.24, 2.45) is 5.92 Å². The number of carbonyl (C=O) groups is 1. The molecule has 29 heavy (non-hydrogen) atoms. The molecule has 2 fully saturated rings. The van der Waals surface area contributed by atoms with Gasteiger partial charge in [-0.15, -0.1) is 10.2 Å². The molecule has 156 valence electrons. The van der Waals surface area contributed by atoms with Crippen LogP contribution in [-0.4, -0.2) is 51.2 Å². The van der Waals surface area contributed by atoms with Crippen molar-refractivity contribution >= 4 is 5.91 Å². The largest absolute Gasteiger partial charge is 0.349 e. The van der Waals surface area contributed by atoms with Crippen molar-refractivity contribution in [2.45, 2.75) is 50.6 Å². The van der Waals surface area contributed by atoms with Gasteiger partial charge in [-0.1, -0.05) is 6.42 Å². The zero-order chi connectivity index (χ0) is 20.2. The molecule has 1 aliphatic heterocycles. The monoisotopic (exact) mass is 403 g/mol. The first-order chi connectivity index (χ1) is 14.1. The third-order valence-corrected chi connectivity index (χ3v) is 6.23. The Labute approximate surface area is 169 Å². The highest BCUT2D eigenvalue weighted by molar-refractivity contribution is 5.94. The van der Waals surface area contributed by atoms with Gasteiger partial charge in [0.15, 0.2) is 11.6 Å². The molecule has 6 nitrogen and oxygen atoms in total. The number of rotatable bonds is 5. The molecular formula is C21H27F2N5O. The number of halogens is 2. The second-order valence-electron chi connectivity index (χ2n) is 8.27. The van der Waals surface area contributed by atoms with E-state index in [1.807, 2.05) is 0 Å². The van der Waals surface area contributed by atoms with E-state index in [-0.39, 0.29) is 17.5 Å². The molecule has 1 aliphatic carbocycles. The minimum atomic E-state index is -0.992. The topological polar surface area (TPSA) is 63.1 Å². The first kappa shape index (κ1) is 19.9. The lowest BCUT2D eigenvalue weighted by atomic mass is 9.84. The zero-order valence-corrected chi connectivity index (χ0v) is 16.4. The molecule has 4 rings (SSSR count). The highest BCUT2D eigenvalue weighted by Crippen LogP contribution is 2.28. The Morgan fingerprint density at radius 2 is 1.83 bits per heavy atom. The number of aromatic nitrogens is 3. The summed E-state index contributed by atoms with van der Waals surface area (Å²) in [6.45, 7) is 3.17. The van der Waals surface area contributed by atoms with Crippen LogP contribution in [0.5, 0.6) is 0 Å². The molecule has 8 heteroatoms. The molecule has 1 saturated heterocycles. The summed E-state index contributed by atoms with van der Waals surface area (Å²) in [6, 6.07) is 3.86. The van der Waals surface area contributed by atoms with Crippen molar-refractivity contribution in [1.29, 1.82) is 0 Å². The van der Waals surface area contributed by atoms with Crippen molar-refractivity contribution in [2.75, 3.05) is 19.6 Å². The second kappa shape index (κ2) is 8.98. The highest BCUT2D eigenvalue weighted by atomic mass is 19.2. The summed E-state index contributed by atoms with van der Waals surface area (Å²) < 4.78 is 28.6. The summed E-state index contributed by atoms with van der Waals surface area (Å²) in [7, 11) is 0. The van der Waals surface area contributed by atoms with Gasteiger partial charge in [-0.05, 0) is 56.2 Å². The number of hydrogen-bond donors (Lipinski definition) is 1. The first-order valence-corrected chi connectivity index (χ1v) is 10.4. The maximum absolute atomic E-state index is 13.4. The molecule has 1 aromatic heterocycles. The number of piperidine rings is 1. The predicted octanol–water partition coefficient (Wildman–Crippen LogP) is 3.18. The number of likely N-dealkylation sites (tertiary alicyclic amines) is 1. The van der Waals surface area contributed by atoms with E-state index in [2.05, 4.69) is 25.0 Å². The van der Waals surface area contributed by atoms with E-state index in [1.165, 1.54) is 12.5 Å². The minimum Gasteiger partial charge on any atom is -0.349 e. The lowest BCUT2D eigenvalue weighted by Crippen LogP contribution is -2.43. The van der Waals surface area contributed by atoms with E-state index in [0.717, 1.165) is 63.9 Å². The molecule has 1 amide bonds. The highest BCUT2D eigenvalue weighted by Gasteiger charge is 2.27. The van der Waals surface area contributed by atoms with E-state index in [1.54, 1.807) is 12.7 Å². The van der Waals surface area contributed by atoms with Gasteiger partial charge in [-0.25, -0.2) is 8.78 Å². The van der Waals surface area contributed by atoms with Crippen LogP contribution in [0.15, 0.2) is 30.9 Å². The van der Waals surface area contributed by atoms with Gasteiger partial charge in [-0.3, -0.25) is 4.79 Å². The van der Waals surface area contributed by atoms with Crippen LogP contribution in [0.25, 0.3) is 0 Å². The molecule has 2 atom stereocenters. The molecule has 1 saturated carbocycles. The standard InChI is InChI=1S/C21H27F2N5O/c22-19-5-4-16(11-20(19)23)21(29)26-17-3-1-2-15(10-17)12-27-8-6-18(7-9-27)28-13-24-25-14-28/h4-5,11,13-15,17-18H,1-3,6-10,12H2,(H,26,29)/t15-,17-/m1/s1. The first-order valence-electron chi connectivity index (χ1n) is 10.4. The Bertz CT molecular complexity index is 820. The Hall–Kier alpha value is -2.35. The predicted molar refractivity (Wildman–Crippen MR) is 104 cm³/mol. The lowest BCUT2D eigenvalue weighted by molar-refractivity contribution is 0.0904. The number of carbonyl (C=O) groups excluding carboxylic acids is 1. The van der Waals surface area contributed by atoms with Crippen LogP contribution in [0.3, 0.4) is 0 Å². The van der Waals surface area contributed by atoms with E-state index >= 15 is 0 Å². The van der Waals surface area contributed by atoms with Gasteiger partial charge in [0.05, 0.1) is 0 Å². The van der Waals surface area contributed by atoms with Crippen LogP contribution in [0.2, 0.25) is 0 Å². The summed E-state index contributed by atoms with van der Waals surface area (Å²) in [5.41, 5.74) is 0.169. The third kappa shape index (κ3) is 4.98. The van der Waals surface area contributed by atoms with Gasteiger partial charge >= 0.3 is 0 Å². The molecule has 0 bridgehead atoms. The molecule has 0 unspecified atom stereocenters. The maximum Gasteiger partial charge on any atom is 0.251 e. The van der Waals surface area contributed by atoms with Crippen molar-refractivity contribution in [3.05, 3.63) is 48.1 Å². The quantitative estimate of drug-likeness (QED) is 0.833. The summed E-state index contributed by atoms with van der Waals surface area (Å²) in [6.07, 6.45) is 9.89. The van der Waals surface area contributed by atoms with Crippen molar-refractivity contribution in [3.8, 4) is 0 Å². The summed E-state index contributed by atoms with van der Waals surface area (Å²) in [5.74, 6) is -1.71. The smallest absolute Gasteiger partial charge is 0.251 e. The summed E-state index contributed by atoms with van der Waals surface area (Å²) >= 11 is 0. The zero-order valence-electron chi connectivity index (χ0n) is 16.4. The van der Waals surface area contributed by atoms with Gasteiger partial charge in [0.1, 0.15) is 12.7 Å². The van der Waals surface area contributed by atoms with Crippen LogP contribution in [0, 0.1) is 17.6 Å². The molecule has 1 aromatic carbocycles. The molecule has 2 aromatic rings. The average molecular weight is 403 g/mol. The Morgan fingerprint density at radius 1 is 1.07 bits per heavy atom. The van der Waals surface area contributed by atoms with E-state index in [0.29, 0.717) is 12.0 Å². The van der Waals surface area contributed by atoms with E-state index < -0.39 is 11.6 Å². The average Bonchev–Trinajstić information content (AvgIpc) is 3.26. The summed E-state index contributed by atoms with van der Waals surface area (Å²) in [4.78, 5) is 14.9. The molecule has 1 N–H and O–H groups in total. The molecule has 0 radical (unpaired) electrons. The van der Waals surface area contributed by atoms with Crippen LogP contribution >= 0.6 is 0 Å². The molecule has 2 aliphatic rings. The Kier molecular flexibility index (Phi) is 6.18. The summed E-state index contributed by atoms with van der Waals surface area (Å²) in [5, 5.41) is 10.8. The van der Waals surface area contributed by atoms with Gasteiger partial charge in [0.25, 0.3) is 5.91 Å². The van der Waals surface area contributed by atoms with E-state index in [9.17, 15) is 13.6 Å². The van der Waals surface area contributed by atoms with Crippen LogP contribution in [0.1, 0.15) is 54.9 Å². The number of nitrogens with zero attached hydrogens (tertiary/aromatic N) is 4. The fourth-order valence-electron chi connectivity index (χ4n) is 4.66. The van der Waals surface area contributed by atoms with Gasteiger partial charge in [0, 0.05) is 37.3 Å². The normalized spacial score (nSPS) is 23.8. The molecular weight excluding hydrogens is 376 g/mol. The van der Waals surface area contributed by atoms with Crippen molar-refractivity contribution in [3.63, 3.8) is 0 Å². The SMILES string of the molecule is O=C(N[C@@H]1CCC[C@@H](CN2CCC(n3cnnc3)CC2)C1)c1ccc(F)c(F)c1. The molecule has 0 spiro atoms. The van der Waals surface area contributed by atoms with Gasteiger partial charge < -0.3 is 14.8 Å². The fourth-order valence-corrected chi connectivity index (χ4v) is 4.66. The van der Waals surface area contributed by atoms with Crippen LogP contribution in [-0.2, 0) is 0 Å². The Morgan fingerprint density at radius 3 is 2.55 bits per heavy atom. The number of benzene rings is 1. The number of amides is 1. The van der Waals surface area contributed by atoms with Crippen LogP contribution in [0.4, 0.5) is 8.78 Å².